The van der Waals surface area contributed by atoms with E-state index in [0.717, 1.165) is 31.6 Å². The van der Waals surface area contributed by atoms with Crippen molar-refractivity contribution in [1.82, 2.24) is 14.8 Å². The van der Waals surface area contributed by atoms with Crippen LogP contribution in [0.25, 0.3) is 0 Å². The first-order valence-electron chi connectivity index (χ1n) is 8.74. The zero-order valence-electron chi connectivity index (χ0n) is 16.4. The van der Waals surface area contributed by atoms with Crippen LogP contribution >= 0.6 is 24.8 Å². The van der Waals surface area contributed by atoms with Gasteiger partial charge in [0.25, 0.3) is 5.91 Å². The average molecular weight is 428 g/mol. The Kier molecular flexibility index (Phi) is 9.52. The quantitative estimate of drug-likeness (QED) is 0.645. The fraction of sp³-hybridized carbons (Fsp3) is 0.400. The van der Waals surface area contributed by atoms with Crippen molar-refractivity contribution in [1.29, 1.82) is 0 Å². The summed E-state index contributed by atoms with van der Waals surface area (Å²) in [5, 5.41) is 0. The molecule has 1 aromatic carbocycles. The molecule has 2 aromatic rings. The Morgan fingerprint density at radius 2 is 1.89 bits per heavy atom. The van der Waals surface area contributed by atoms with Gasteiger partial charge in [0.1, 0.15) is 0 Å². The average Bonchev–Trinajstić information content (AvgIpc) is 2.96. The van der Waals surface area contributed by atoms with Gasteiger partial charge in [0.15, 0.2) is 11.5 Å². The van der Waals surface area contributed by atoms with Crippen LogP contribution in [0.3, 0.4) is 0 Å². The Hall–Kier alpha value is -2.02. The first-order valence-corrected chi connectivity index (χ1v) is 8.74. The lowest BCUT2D eigenvalue weighted by Gasteiger charge is -2.20. The van der Waals surface area contributed by atoms with Gasteiger partial charge in [-0.3, -0.25) is 9.78 Å². The molecule has 0 N–H and O–H groups in total. The predicted molar refractivity (Wildman–Crippen MR) is 114 cm³/mol. The van der Waals surface area contributed by atoms with Gasteiger partial charge in [-0.1, -0.05) is 6.07 Å². The van der Waals surface area contributed by atoms with E-state index in [9.17, 15) is 4.79 Å². The van der Waals surface area contributed by atoms with Crippen LogP contribution in [0.15, 0.2) is 36.7 Å². The van der Waals surface area contributed by atoms with E-state index in [1.54, 1.807) is 26.5 Å². The van der Waals surface area contributed by atoms with Crippen molar-refractivity contribution < 1.29 is 14.3 Å². The van der Waals surface area contributed by atoms with Crippen molar-refractivity contribution in [2.24, 2.45) is 0 Å². The highest BCUT2D eigenvalue weighted by molar-refractivity contribution is 5.99. The van der Waals surface area contributed by atoms with E-state index in [2.05, 4.69) is 23.0 Å². The Balaban J connectivity index is 0.00000196. The van der Waals surface area contributed by atoms with Gasteiger partial charge in [-0.2, -0.15) is 0 Å². The van der Waals surface area contributed by atoms with E-state index in [0.29, 0.717) is 23.6 Å². The van der Waals surface area contributed by atoms with E-state index in [1.165, 1.54) is 5.56 Å². The second kappa shape index (κ2) is 11.1. The third-order valence-electron chi connectivity index (χ3n) is 4.63. The summed E-state index contributed by atoms with van der Waals surface area (Å²) in [6.45, 7) is 3.13. The number of methoxy groups -OCH3 is 2. The zero-order chi connectivity index (χ0) is 18.5. The molecule has 2 heterocycles. The summed E-state index contributed by atoms with van der Waals surface area (Å²) in [5.74, 6) is 1.32. The summed E-state index contributed by atoms with van der Waals surface area (Å²) in [4.78, 5) is 20.9. The molecule has 0 bridgehead atoms. The summed E-state index contributed by atoms with van der Waals surface area (Å²) in [5.41, 5.74) is 2.90. The van der Waals surface area contributed by atoms with E-state index in [1.807, 2.05) is 23.2 Å². The molecular weight excluding hydrogens is 401 g/mol. The van der Waals surface area contributed by atoms with E-state index < -0.39 is 0 Å². The van der Waals surface area contributed by atoms with Crippen LogP contribution in [-0.4, -0.2) is 55.0 Å². The minimum Gasteiger partial charge on any atom is -0.493 e. The third kappa shape index (κ3) is 5.50. The standard InChI is InChI=1S/C20H25N3O3.2ClH/c1-22(13-15-6-4-7-21-12-15)8-5-9-23-14-16-10-18(25-2)19(26-3)11-17(16)20(23)24;;/h4,6-7,10-12H,5,8-9,13-14H2,1-3H3;2*1H. The highest BCUT2D eigenvalue weighted by Crippen LogP contribution is 2.34. The minimum absolute atomic E-state index is 0. The monoisotopic (exact) mass is 427 g/mol. The lowest BCUT2D eigenvalue weighted by atomic mass is 10.1. The molecule has 1 aliphatic rings. The van der Waals surface area contributed by atoms with Crippen molar-refractivity contribution in [2.45, 2.75) is 19.5 Å². The van der Waals surface area contributed by atoms with Gasteiger partial charge >= 0.3 is 0 Å². The largest absolute Gasteiger partial charge is 0.493 e. The van der Waals surface area contributed by atoms with Crippen LogP contribution in [0.2, 0.25) is 0 Å². The van der Waals surface area contributed by atoms with Gasteiger partial charge in [0, 0.05) is 37.6 Å². The number of carbonyl (C=O) groups is 1. The maximum absolute atomic E-state index is 12.6. The fourth-order valence-corrected chi connectivity index (χ4v) is 3.29. The maximum Gasteiger partial charge on any atom is 0.254 e. The van der Waals surface area contributed by atoms with Crippen LogP contribution in [0.1, 0.15) is 27.9 Å². The lowest BCUT2D eigenvalue weighted by molar-refractivity contribution is 0.0771. The van der Waals surface area contributed by atoms with Crippen molar-refractivity contribution in [3.8, 4) is 11.5 Å². The molecule has 28 heavy (non-hydrogen) atoms. The predicted octanol–water partition coefficient (Wildman–Crippen LogP) is 3.42. The Morgan fingerprint density at radius 1 is 1.18 bits per heavy atom. The minimum atomic E-state index is 0. The van der Waals surface area contributed by atoms with E-state index in [-0.39, 0.29) is 30.7 Å². The van der Waals surface area contributed by atoms with E-state index >= 15 is 0 Å². The second-order valence-corrected chi connectivity index (χ2v) is 6.54. The molecule has 0 saturated carbocycles. The van der Waals surface area contributed by atoms with Crippen molar-refractivity contribution in [2.75, 3.05) is 34.4 Å². The second-order valence-electron chi connectivity index (χ2n) is 6.54. The number of benzene rings is 1. The Bertz CT molecular complexity index is 775. The molecule has 6 nitrogen and oxygen atoms in total. The Morgan fingerprint density at radius 3 is 2.54 bits per heavy atom. The van der Waals surface area contributed by atoms with Crippen LogP contribution in [0.5, 0.6) is 11.5 Å². The molecule has 0 unspecified atom stereocenters. The van der Waals surface area contributed by atoms with Crippen LogP contribution < -0.4 is 9.47 Å². The van der Waals surface area contributed by atoms with Crippen molar-refractivity contribution in [3.63, 3.8) is 0 Å². The molecule has 1 amide bonds. The highest BCUT2D eigenvalue weighted by Gasteiger charge is 2.29. The number of hydrogen-bond donors (Lipinski definition) is 0. The van der Waals surface area contributed by atoms with E-state index in [4.69, 9.17) is 9.47 Å². The summed E-state index contributed by atoms with van der Waals surface area (Å²) < 4.78 is 10.6. The number of fused-ring (bicyclic) bond motifs is 1. The number of amides is 1. The molecular formula is C20H27Cl2N3O3. The van der Waals surface area contributed by atoms with Crippen molar-refractivity contribution in [3.05, 3.63) is 53.3 Å². The number of rotatable bonds is 8. The van der Waals surface area contributed by atoms with Gasteiger partial charge in [0.2, 0.25) is 0 Å². The molecule has 0 fully saturated rings. The lowest BCUT2D eigenvalue weighted by Crippen LogP contribution is -2.28. The molecule has 0 spiro atoms. The number of ether oxygens (including phenoxy) is 2. The molecule has 0 atom stereocenters. The molecule has 0 saturated heterocycles. The molecule has 3 rings (SSSR count). The summed E-state index contributed by atoms with van der Waals surface area (Å²) in [6.07, 6.45) is 4.59. The molecule has 0 aliphatic carbocycles. The van der Waals surface area contributed by atoms with Gasteiger partial charge in [-0.05, 0) is 49.3 Å². The fourth-order valence-electron chi connectivity index (χ4n) is 3.29. The number of halogens is 2. The first-order chi connectivity index (χ1) is 12.6. The molecule has 0 radical (unpaired) electrons. The molecule has 1 aromatic heterocycles. The van der Waals surface area contributed by atoms with Gasteiger partial charge in [0.05, 0.1) is 14.2 Å². The van der Waals surface area contributed by atoms with Gasteiger partial charge in [-0.25, -0.2) is 0 Å². The van der Waals surface area contributed by atoms with Gasteiger partial charge in [-0.15, -0.1) is 24.8 Å². The zero-order valence-corrected chi connectivity index (χ0v) is 18.0. The molecule has 1 aliphatic heterocycles. The smallest absolute Gasteiger partial charge is 0.254 e. The molecule has 154 valence electrons. The number of carbonyl (C=O) groups excluding carboxylic acids is 1. The third-order valence-corrected chi connectivity index (χ3v) is 4.63. The number of pyridine rings is 1. The Labute approximate surface area is 178 Å². The number of nitrogens with zero attached hydrogens (tertiary/aromatic N) is 3. The summed E-state index contributed by atoms with van der Waals surface area (Å²) in [7, 11) is 5.28. The number of hydrogen-bond acceptors (Lipinski definition) is 5. The topological polar surface area (TPSA) is 54.9 Å². The van der Waals surface area contributed by atoms with Crippen LogP contribution in [-0.2, 0) is 13.1 Å². The SMILES string of the molecule is COc1cc2c(cc1OC)C(=O)N(CCCN(C)Cc1cccnc1)C2.Cl.Cl. The van der Waals surface area contributed by atoms with Crippen molar-refractivity contribution >= 4 is 30.7 Å². The van der Waals surface area contributed by atoms with Crippen LogP contribution in [0.4, 0.5) is 0 Å². The number of aromatic nitrogens is 1. The first kappa shape index (κ1) is 24.0. The molecule has 8 heteroatoms. The van der Waals surface area contributed by atoms with Crippen LogP contribution in [0, 0.1) is 0 Å². The summed E-state index contributed by atoms with van der Waals surface area (Å²) >= 11 is 0. The normalized spacial score (nSPS) is 12.3. The summed E-state index contributed by atoms with van der Waals surface area (Å²) in [6, 6.07) is 7.71. The van der Waals surface area contributed by atoms with Gasteiger partial charge < -0.3 is 19.3 Å². The maximum atomic E-state index is 12.6. The highest BCUT2D eigenvalue weighted by atomic mass is 35.5.